The first-order valence-corrected chi connectivity index (χ1v) is 12.8. The van der Waals surface area contributed by atoms with Crippen molar-refractivity contribution in [2.24, 2.45) is 0 Å². The van der Waals surface area contributed by atoms with Crippen LogP contribution in [0.2, 0.25) is 0 Å². The van der Waals surface area contributed by atoms with E-state index in [0.717, 1.165) is 83.1 Å². The predicted octanol–water partition coefficient (Wildman–Crippen LogP) is 5.30. The van der Waals surface area contributed by atoms with Gasteiger partial charge in [-0.2, -0.15) is 0 Å². The van der Waals surface area contributed by atoms with Crippen LogP contribution in [0.1, 0.15) is 42.1 Å². The first-order valence-electron chi connectivity index (χ1n) is 12.0. The molecule has 174 valence electrons. The van der Waals surface area contributed by atoms with E-state index >= 15 is 0 Å². The van der Waals surface area contributed by atoms with E-state index < -0.39 is 0 Å². The van der Waals surface area contributed by atoms with Crippen LogP contribution in [-0.4, -0.2) is 51.1 Å². The molecule has 0 radical (unpaired) electrons. The molecule has 0 saturated carbocycles. The first-order chi connectivity index (χ1) is 16.7. The number of aryl methyl sites for hydroxylation is 1. The number of ether oxygens (including phenoxy) is 1. The van der Waals surface area contributed by atoms with E-state index in [1.54, 1.807) is 11.3 Å². The summed E-state index contributed by atoms with van der Waals surface area (Å²) < 4.78 is 6.73. The van der Waals surface area contributed by atoms with Gasteiger partial charge in [-0.15, -0.1) is 11.3 Å². The van der Waals surface area contributed by atoms with Crippen molar-refractivity contribution in [2.45, 2.75) is 38.6 Å². The number of fused-ring (bicyclic) bond motifs is 1. The third-order valence-corrected chi connectivity index (χ3v) is 7.68. The van der Waals surface area contributed by atoms with Crippen LogP contribution in [0.25, 0.3) is 20.8 Å². The second kappa shape index (κ2) is 9.37. The van der Waals surface area contributed by atoms with E-state index in [-0.39, 0.29) is 0 Å². The highest BCUT2D eigenvalue weighted by Crippen LogP contribution is 2.32. The zero-order valence-electron chi connectivity index (χ0n) is 19.3. The van der Waals surface area contributed by atoms with Gasteiger partial charge in [-0.25, -0.2) is 15.0 Å². The van der Waals surface area contributed by atoms with Crippen LogP contribution in [0.3, 0.4) is 0 Å². The van der Waals surface area contributed by atoms with Gasteiger partial charge in [0.15, 0.2) is 0 Å². The van der Waals surface area contributed by atoms with Gasteiger partial charge in [-0.3, -0.25) is 9.88 Å². The number of aromatic nitrogens is 4. The Hall–Kier alpha value is -2.94. The quantitative estimate of drug-likeness (QED) is 0.408. The molecule has 0 amide bonds. The molecule has 2 aliphatic heterocycles. The van der Waals surface area contributed by atoms with Crippen LogP contribution in [0.5, 0.6) is 0 Å². The third kappa shape index (κ3) is 4.53. The second-order valence-electron chi connectivity index (χ2n) is 9.14. The van der Waals surface area contributed by atoms with E-state index in [1.807, 2.05) is 31.5 Å². The Morgan fingerprint density at radius 2 is 2.00 bits per heavy atom. The van der Waals surface area contributed by atoms with Crippen molar-refractivity contribution in [3.63, 3.8) is 0 Å². The van der Waals surface area contributed by atoms with E-state index in [4.69, 9.17) is 14.7 Å². The zero-order chi connectivity index (χ0) is 22.9. The van der Waals surface area contributed by atoms with Crippen LogP contribution in [0, 0.1) is 6.92 Å². The number of hydrogen-bond donors (Lipinski definition) is 1. The van der Waals surface area contributed by atoms with Crippen LogP contribution in [0.4, 0.5) is 11.6 Å². The maximum atomic E-state index is 5.67. The van der Waals surface area contributed by atoms with E-state index in [9.17, 15) is 0 Å². The molecule has 2 fully saturated rings. The third-order valence-electron chi connectivity index (χ3n) is 6.63. The number of nitrogens with zero attached hydrogens (tertiary/aromatic N) is 5. The Balaban J connectivity index is 1.27. The minimum absolute atomic E-state index is 0.443. The van der Waals surface area contributed by atoms with E-state index in [1.165, 1.54) is 18.4 Å². The molecule has 6 heterocycles. The Kier molecular flexibility index (Phi) is 5.95. The molecule has 7 nitrogen and oxygen atoms in total. The summed E-state index contributed by atoms with van der Waals surface area (Å²) in [5.41, 5.74) is 5.50. The van der Waals surface area contributed by atoms with Gasteiger partial charge in [0.25, 0.3) is 0 Å². The fraction of sp³-hybridized carbons (Fsp3) is 0.385. The molecule has 8 heteroatoms. The average molecular weight is 473 g/mol. The number of hydrogen-bond acceptors (Lipinski definition) is 8. The maximum Gasteiger partial charge on any atom is 0.133 e. The van der Waals surface area contributed by atoms with Crippen molar-refractivity contribution in [2.75, 3.05) is 31.6 Å². The molecule has 1 atom stereocenters. The van der Waals surface area contributed by atoms with Gasteiger partial charge in [0, 0.05) is 48.8 Å². The molecular formula is C26H28N6OS. The highest BCUT2D eigenvalue weighted by atomic mass is 32.1. The van der Waals surface area contributed by atoms with Gasteiger partial charge in [0.2, 0.25) is 0 Å². The highest BCUT2D eigenvalue weighted by Gasteiger charge is 2.23. The zero-order valence-corrected chi connectivity index (χ0v) is 20.1. The van der Waals surface area contributed by atoms with Gasteiger partial charge in [-0.05, 0) is 63.0 Å². The summed E-state index contributed by atoms with van der Waals surface area (Å²) in [6, 6.07) is 10.4. The van der Waals surface area contributed by atoms with Crippen molar-refractivity contribution in [1.82, 2.24) is 24.8 Å². The fourth-order valence-electron chi connectivity index (χ4n) is 4.85. The van der Waals surface area contributed by atoms with Gasteiger partial charge >= 0.3 is 0 Å². The molecular weight excluding hydrogens is 444 g/mol. The first kappa shape index (κ1) is 21.6. The summed E-state index contributed by atoms with van der Waals surface area (Å²) in [5, 5.41) is 4.40. The minimum Gasteiger partial charge on any atom is -0.381 e. The number of likely N-dealkylation sites (tertiary alicyclic amines) is 1. The molecule has 4 aromatic rings. The van der Waals surface area contributed by atoms with Crippen molar-refractivity contribution >= 4 is 33.2 Å². The van der Waals surface area contributed by atoms with Gasteiger partial charge in [-0.1, -0.05) is 6.07 Å². The summed E-state index contributed by atoms with van der Waals surface area (Å²) in [5.74, 6) is 2.02. The fourth-order valence-corrected chi connectivity index (χ4v) is 5.76. The molecule has 6 rings (SSSR count). The van der Waals surface area contributed by atoms with Crippen molar-refractivity contribution in [1.29, 1.82) is 0 Å². The molecule has 2 saturated heterocycles. The Morgan fingerprint density at radius 3 is 2.82 bits per heavy atom. The van der Waals surface area contributed by atoms with Gasteiger partial charge < -0.3 is 10.1 Å². The SMILES string of the molecule is Cc1cc(-c2nc3cc(Nc4ccc(C5CCOC5)c(CN5CCCC5)n4)ncc3s2)ccn1. The lowest BCUT2D eigenvalue weighted by Crippen LogP contribution is -2.21. The van der Waals surface area contributed by atoms with Crippen LogP contribution < -0.4 is 5.32 Å². The van der Waals surface area contributed by atoms with Crippen molar-refractivity contribution in [3.8, 4) is 10.6 Å². The van der Waals surface area contributed by atoms with Crippen LogP contribution >= 0.6 is 11.3 Å². The van der Waals surface area contributed by atoms with Gasteiger partial charge in [0.05, 0.1) is 22.5 Å². The normalized spacial score (nSPS) is 18.7. The summed E-state index contributed by atoms with van der Waals surface area (Å²) in [4.78, 5) is 21.3. The standard InChI is InChI=1S/C26H28N6OS/c1-17-12-18(6-8-27-17)26-30-21-13-25(28-14-23(21)34-26)31-24-5-4-20(19-7-11-33-16-19)22(29-24)15-32-9-2-3-10-32/h4-6,8,12-14,19H,2-3,7,9-11,15-16H2,1H3,(H,28,29,31). The topological polar surface area (TPSA) is 76.1 Å². The number of pyridine rings is 3. The summed E-state index contributed by atoms with van der Waals surface area (Å²) in [7, 11) is 0. The maximum absolute atomic E-state index is 5.67. The molecule has 4 aromatic heterocycles. The van der Waals surface area contributed by atoms with Crippen LogP contribution in [-0.2, 0) is 11.3 Å². The predicted molar refractivity (Wildman–Crippen MR) is 136 cm³/mol. The lowest BCUT2D eigenvalue weighted by Gasteiger charge is -2.20. The summed E-state index contributed by atoms with van der Waals surface area (Å²) in [6.45, 7) is 6.84. The number of nitrogens with one attached hydrogen (secondary N) is 1. The molecule has 0 bridgehead atoms. The Bertz CT molecular complexity index is 1310. The lowest BCUT2D eigenvalue weighted by molar-refractivity contribution is 0.193. The van der Waals surface area contributed by atoms with Crippen molar-refractivity contribution < 1.29 is 4.74 Å². The second-order valence-corrected chi connectivity index (χ2v) is 10.2. The molecule has 0 aromatic carbocycles. The number of rotatable bonds is 6. The minimum atomic E-state index is 0.443. The summed E-state index contributed by atoms with van der Waals surface area (Å²) >= 11 is 1.65. The average Bonchev–Trinajstić information content (AvgIpc) is 3.61. The van der Waals surface area contributed by atoms with E-state index in [2.05, 4.69) is 38.4 Å². The highest BCUT2D eigenvalue weighted by molar-refractivity contribution is 7.21. The molecule has 0 spiro atoms. The molecule has 0 aliphatic carbocycles. The smallest absolute Gasteiger partial charge is 0.133 e. The van der Waals surface area contributed by atoms with Crippen LogP contribution in [0.15, 0.2) is 42.7 Å². The van der Waals surface area contributed by atoms with Gasteiger partial charge in [0.1, 0.15) is 16.6 Å². The summed E-state index contributed by atoms with van der Waals surface area (Å²) in [6.07, 6.45) is 7.34. The monoisotopic (exact) mass is 472 g/mol. The van der Waals surface area contributed by atoms with Crippen molar-refractivity contribution in [3.05, 3.63) is 59.7 Å². The largest absolute Gasteiger partial charge is 0.381 e. The molecule has 34 heavy (non-hydrogen) atoms. The molecule has 1 N–H and O–H groups in total. The molecule has 2 aliphatic rings. The molecule has 1 unspecified atom stereocenters. The Morgan fingerprint density at radius 1 is 1.09 bits per heavy atom. The van der Waals surface area contributed by atoms with E-state index in [0.29, 0.717) is 5.92 Å². The Labute approximate surface area is 203 Å². The number of anilines is 2. The number of thiazole rings is 1. The lowest BCUT2D eigenvalue weighted by atomic mass is 9.96.